The van der Waals surface area contributed by atoms with Crippen molar-refractivity contribution in [2.45, 2.75) is 38.5 Å². The second-order valence-corrected chi connectivity index (χ2v) is 13.1. The van der Waals surface area contributed by atoms with Crippen molar-refractivity contribution in [2.75, 3.05) is 198 Å². The highest BCUT2D eigenvalue weighted by Gasteiger charge is 2.30. The van der Waals surface area contributed by atoms with E-state index in [1.807, 2.05) is 16.7 Å². The zero-order valence-corrected chi connectivity index (χ0v) is 35.8. The molecule has 24 nitrogen and oxygen atoms in total. The van der Waals surface area contributed by atoms with E-state index in [4.69, 9.17) is 69.1 Å². The third-order valence-corrected chi connectivity index (χ3v) is 8.92. The maximum Gasteiger partial charge on any atom is 0.111 e. The summed E-state index contributed by atoms with van der Waals surface area (Å²) < 4.78 is 47.9. The van der Waals surface area contributed by atoms with E-state index in [0.717, 1.165) is 0 Å². The molecule has 0 aromatic rings. The topological polar surface area (TPSA) is 286 Å². The largest absolute Gasteiger partial charge is 0.394 e. The van der Waals surface area contributed by atoms with Gasteiger partial charge in [-0.25, -0.2) is 19.6 Å². The lowest BCUT2D eigenvalue weighted by atomic mass is 10.2. The number of hydrogen-bond donors (Lipinski definition) is 8. The summed E-state index contributed by atoms with van der Waals surface area (Å²) >= 11 is 0. The summed E-state index contributed by atoms with van der Waals surface area (Å²) in [7, 11) is 0. The Bertz CT molecular complexity index is 832. The maximum atomic E-state index is 9.18. The normalized spacial score (nSPS) is 14.3. The standard InChI is InChI=1S/C36H78N4O20/c1-33(39(9-20-51-29-15-43)10-21-52-30-16-44)55-32-35(54-22-6-37(3-17-49-27-13-41)4-18-50-28-14-42)36(60-34(2)40(11-25-58-47)12-26-59-48)31-53-19-5-38(7-23-56-45)8-24-57-46/h33-36,41-48H,3-32H2,1-2H3. The average molecular weight is 887 g/mol. The van der Waals surface area contributed by atoms with E-state index in [2.05, 4.69) is 24.5 Å². The first kappa shape index (κ1) is 59.0. The molecule has 0 spiro atoms. The third kappa shape index (κ3) is 33.6. The third-order valence-electron chi connectivity index (χ3n) is 8.92. The highest BCUT2D eigenvalue weighted by molar-refractivity contribution is 4.75. The highest BCUT2D eigenvalue weighted by Crippen LogP contribution is 2.15. The SMILES string of the molecule is CC(OCC(OCCN(CCOCCO)CCOCCO)C(COCCN(CCOO)CCOO)OC(C)N(CCOO)CCOO)N(CCOCCO)CCOCCO. The number of hydrogen-bond acceptors (Lipinski definition) is 24. The van der Waals surface area contributed by atoms with Gasteiger partial charge in [0, 0.05) is 65.4 Å². The van der Waals surface area contributed by atoms with Crippen LogP contribution in [0.3, 0.4) is 0 Å². The van der Waals surface area contributed by atoms with Crippen molar-refractivity contribution in [2.24, 2.45) is 0 Å². The summed E-state index contributed by atoms with van der Waals surface area (Å²) in [4.78, 5) is 24.8. The Morgan fingerprint density at radius 1 is 0.350 bits per heavy atom. The predicted molar refractivity (Wildman–Crippen MR) is 212 cm³/mol. The number of aliphatic hydroxyl groups is 4. The van der Waals surface area contributed by atoms with Crippen LogP contribution in [0, 0.1) is 0 Å². The lowest BCUT2D eigenvalue weighted by Crippen LogP contribution is -2.49. The van der Waals surface area contributed by atoms with Crippen LogP contribution in [-0.2, 0) is 57.4 Å². The quantitative estimate of drug-likeness (QED) is 0.0138. The van der Waals surface area contributed by atoms with Crippen LogP contribution in [0.4, 0.5) is 0 Å². The van der Waals surface area contributed by atoms with Crippen LogP contribution in [-0.4, -0.2) is 283 Å². The molecule has 0 rings (SSSR count). The predicted octanol–water partition coefficient (Wildman–Crippen LogP) is -2.32. The zero-order chi connectivity index (χ0) is 44.3. The van der Waals surface area contributed by atoms with Crippen LogP contribution in [0.2, 0.25) is 0 Å². The van der Waals surface area contributed by atoms with Crippen LogP contribution in [0.1, 0.15) is 13.8 Å². The Labute approximate surface area is 354 Å². The summed E-state index contributed by atoms with van der Waals surface area (Å²) in [5, 5.41) is 72.6. The molecule has 4 unspecified atom stereocenters. The van der Waals surface area contributed by atoms with Gasteiger partial charge >= 0.3 is 0 Å². The Morgan fingerprint density at radius 2 is 0.700 bits per heavy atom. The number of ether oxygens (including phenoxy) is 8. The fourth-order valence-electron chi connectivity index (χ4n) is 5.60. The zero-order valence-electron chi connectivity index (χ0n) is 35.8. The fraction of sp³-hybridized carbons (Fsp3) is 1.00. The van der Waals surface area contributed by atoms with Gasteiger partial charge in [-0.3, -0.25) is 40.6 Å². The second-order valence-electron chi connectivity index (χ2n) is 13.1. The van der Waals surface area contributed by atoms with Crippen molar-refractivity contribution >= 4 is 0 Å². The molecule has 0 radical (unpaired) electrons. The second kappa shape index (κ2) is 44.6. The number of nitrogens with zero attached hydrogens (tertiary/aromatic N) is 4. The Balaban J connectivity index is 6.45. The van der Waals surface area contributed by atoms with Gasteiger partial charge < -0.3 is 58.3 Å². The molecular weight excluding hydrogens is 808 g/mol. The van der Waals surface area contributed by atoms with E-state index in [1.165, 1.54) is 0 Å². The van der Waals surface area contributed by atoms with Crippen LogP contribution >= 0.6 is 0 Å². The molecule has 0 fully saturated rings. The van der Waals surface area contributed by atoms with Crippen molar-refractivity contribution in [1.82, 2.24) is 19.6 Å². The van der Waals surface area contributed by atoms with Gasteiger partial charge in [0.05, 0.1) is 132 Å². The minimum Gasteiger partial charge on any atom is -0.394 e. The van der Waals surface area contributed by atoms with Gasteiger partial charge in [0.2, 0.25) is 0 Å². The summed E-state index contributed by atoms with van der Waals surface area (Å²) in [6, 6.07) is 0. The monoisotopic (exact) mass is 887 g/mol. The van der Waals surface area contributed by atoms with E-state index in [-0.39, 0.29) is 119 Å². The van der Waals surface area contributed by atoms with Crippen LogP contribution in [0.15, 0.2) is 0 Å². The minimum atomic E-state index is -0.766. The smallest absolute Gasteiger partial charge is 0.111 e. The molecule has 4 atom stereocenters. The molecule has 0 aromatic heterocycles. The first-order valence-electron chi connectivity index (χ1n) is 20.5. The molecular formula is C36H78N4O20. The summed E-state index contributed by atoms with van der Waals surface area (Å²) in [6.07, 6.45) is -2.62. The van der Waals surface area contributed by atoms with Gasteiger partial charge in [-0.1, -0.05) is 0 Å². The van der Waals surface area contributed by atoms with Crippen LogP contribution in [0.25, 0.3) is 0 Å². The van der Waals surface area contributed by atoms with Crippen molar-refractivity contribution in [1.29, 1.82) is 0 Å². The van der Waals surface area contributed by atoms with Gasteiger partial charge in [-0.05, 0) is 13.8 Å². The molecule has 0 saturated heterocycles. The van der Waals surface area contributed by atoms with Gasteiger partial charge in [0.25, 0.3) is 0 Å². The van der Waals surface area contributed by atoms with Crippen molar-refractivity contribution in [3.05, 3.63) is 0 Å². The minimum absolute atomic E-state index is 0.0237. The lowest BCUT2D eigenvalue weighted by Gasteiger charge is -2.36. The Hall–Kier alpha value is -0.960. The molecule has 0 saturated carbocycles. The van der Waals surface area contributed by atoms with Crippen molar-refractivity contribution < 1.29 is 98.9 Å². The van der Waals surface area contributed by atoms with Gasteiger partial charge in [-0.2, -0.15) is 0 Å². The number of rotatable bonds is 49. The molecule has 0 heterocycles. The summed E-state index contributed by atoms with van der Waals surface area (Å²) in [5.74, 6) is 0. The summed E-state index contributed by atoms with van der Waals surface area (Å²) in [6.45, 7) is 9.69. The van der Waals surface area contributed by atoms with E-state index < -0.39 is 24.7 Å². The van der Waals surface area contributed by atoms with Crippen molar-refractivity contribution in [3.8, 4) is 0 Å². The molecule has 60 heavy (non-hydrogen) atoms. The Kier molecular flexibility index (Phi) is 43.9. The average Bonchev–Trinajstić information content (AvgIpc) is 3.25. The van der Waals surface area contributed by atoms with E-state index in [1.54, 1.807) is 11.8 Å². The molecule has 8 N–H and O–H groups in total. The lowest BCUT2D eigenvalue weighted by molar-refractivity contribution is -0.260. The molecule has 0 bridgehead atoms. The first-order valence-corrected chi connectivity index (χ1v) is 20.5. The molecule has 0 amide bonds. The molecule has 24 heteroatoms. The molecule has 362 valence electrons. The number of aliphatic hydroxyl groups excluding tert-OH is 4. The molecule has 0 aliphatic rings. The van der Waals surface area contributed by atoms with E-state index >= 15 is 0 Å². The maximum absolute atomic E-state index is 9.18. The van der Waals surface area contributed by atoms with Gasteiger partial charge in [-0.15, -0.1) is 0 Å². The fourth-order valence-corrected chi connectivity index (χ4v) is 5.60. The van der Waals surface area contributed by atoms with Crippen molar-refractivity contribution in [3.63, 3.8) is 0 Å². The summed E-state index contributed by atoms with van der Waals surface area (Å²) in [5.41, 5.74) is 0. The van der Waals surface area contributed by atoms with Crippen LogP contribution < -0.4 is 0 Å². The van der Waals surface area contributed by atoms with E-state index in [0.29, 0.717) is 78.8 Å². The molecule has 0 aromatic carbocycles. The van der Waals surface area contributed by atoms with E-state index in [9.17, 15) is 10.2 Å². The van der Waals surface area contributed by atoms with Gasteiger partial charge in [0.15, 0.2) is 0 Å². The van der Waals surface area contributed by atoms with Crippen LogP contribution in [0.5, 0.6) is 0 Å². The Morgan fingerprint density at radius 3 is 1.13 bits per heavy atom. The first-order chi connectivity index (χ1) is 29.3. The van der Waals surface area contributed by atoms with Gasteiger partial charge in [0.1, 0.15) is 24.7 Å². The highest BCUT2D eigenvalue weighted by atomic mass is 17.1. The molecule has 0 aliphatic heterocycles. The molecule has 0 aliphatic carbocycles.